The zero-order valence-corrected chi connectivity index (χ0v) is 17.6. The molecule has 2 heterocycles. The number of benzene rings is 3. The van der Waals surface area contributed by atoms with Gasteiger partial charge in [-0.15, -0.1) is 0 Å². The lowest BCUT2D eigenvalue weighted by atomic mass is 9.93. The average Bonchev–Trinajstić information content (AvgIpc) is 3.12. The fourth-order valence-corrected chi connectivity index (χ4v) is 4.08. The van der Waals surface area contributed by atoms with Crippen LogP contribution in [-0.2, 0) is 17.9 Å². The monoisotopic (exact) mass is 430 g/mol. The number of esters is 1. The minimum absolute atomic E-state index is 0.378. The van der Waals surface area contributed by atoms with Gasteiger partial charge >= 0.3 is 5.97 Å². The average molecular weight is 431 g/mol. The van der Waals surface area contributed by atoms with E-state index in [1.165, 1.54) is 7.11 Å². The lowest BCUT2D eigenvalue weighted by Gasteiger charge is -2.12. The molecule has 154 valence electrons. The molecule has 4 aromatic rings. The first kappa shape index (κ1) is 19.4. The number of allylic oxidation sites excluding steroid dienone is 1. The number of hydrogen-bond donors (Lipinski definition) is 0. The molecule has 31 heavy (non-hydrogen) atoms. The maximum atomic E-state index is 12.2. The van der Waals surface area contributed by atoms with E-state index in [2.05, 4.69) is 27.8 Å². The van der Waals surface area contributed by atoms with E-state index in [-0.39, 0.29) is 5.97 Å². The molecule has 0 bridgehead atoms. The predicted octanol–water partition coefficient (Wildman–Crippen LogP) is 5.50. The Labute approximate surface area is 184 Å². The standard InChI is InChI=1S/C25H19ClN2O3/c1-30-25(29)16-6-9-24-21(12-16)20(19-5-3-2-4-17(19)14-31-24)10-11-28-15-27-22-13-18(26)7-8-23(22)28/h2-10,12-13,15H,11,14H2,1H3. The highest BCUT2D eigenvalue weighted by molar-refractivity contribution is 6.31. The number of rotatable bonds is 3. The fraction of sp³-hybridized carbons (Fsp3) is 0.120. The number of hydrogen-bond acceptors (Lipinski definition) is 4. The van der Waals surface area contributed by atoms with Crippen LogP contribution in [-0.4, -0.2) is 22.6 Å². The highest BCUT2D eigenvalue weighted by Crippen LogP contribution is 2.37. The van der Waals surface area contributed by atoms with Gasteiger partial charge in [0, 0.05) is 17.1 Å². The summed E-state index contributed by atoms with van der Waals surface area (Å²) in [5.74, 6) is 0.356. The summed E-state index contributed by atoms with van der Waals surface area (Å²) < 4.78 is 13.1. The van der Waals surface area contributed by atoms with E-state index in [0.717, 1.165) is 39.0 Å². The van der Waals surface area contributed by atoms with Crippen LogP contribution in [0.1, 0.15) is 27.0 Å². The third kappa shape index (κ3) is 3.57. The van der Waals surface area contributed by atoms with Crippen LogP contribution in [0.3, 0.4) is 0 Å². The first-order valence-corrected chi connectivity index (χ1v) is 10.3. The molecule has 0 saturated carbocycles. The van der Waals surface area contributed by atoms with Crippen LogP contribution in [0.2, 0.25) is 5.02 Å². The zero-order valence-electron chi connectivity index (χ0n) is 16.8. The largest absolute Gasteiger partial charge is 0.488 e. The van der Waals surface area contributed by atoms with Crippen molar-refractivity contribution in [1.29, 1.82) is 0 Å². The number of methoxy groups -OCH3 is 1. The summed E-state index contributed by atoms with van der Waals surface area (Å²) in [5, 5.41) is 0.662. The van der Waals surface area contributed by atoms with Gasteiger partial charge < -0.3 is 14.0 Å². The SMILES string of the molecule is COC(=O)c1ccc2c(c1)C(=CCn1cnc3cc(Cl)ccc31)c1ccccc1CO2. The Balaban J connectivity index is 1.64. The molecule has 5 nitrogen and oxygen atoms in total. The van der Waals surface area contributed by atoms with Crippen LogP contribution in [0.15, 0.2) is 73.1 Å². The normalized spacial score (nSPS) is 13.9. The minimum Gasteiger partial charge on any atom is -0.488 e. The Hall–Kier alpha value is -3.57. The highest BCUT2D eigenvalue weighted by Gasteiger charge is 2.21. The second-order valence-electron chi connectivity index (χ2n) is 7.30. The molecular formula is C25H19ClN2O3. The number of nitrogens with zero attached hydrogens (tertiary/aromatic N) is 2. The Morgan fingerprint density at radius 2 is 2.03 bits per heavy atom. The third-order valence-electron chi connectivity index (χ3n) is 5.46. The minimum atomic E-state index is -0.378. The zero-order chi connectivity index (χ0) is 21.4. The molecule has 1 aromatic heterocycles. The molecule has 0 fully saturated rings. The molecule has 0 saturated heterocycles. The molecule has 0 radical (unpaired) electrons. The number of ether oxygens (including phenoxy) is 2. The Morgan fingerprint density at radius 3 is 2.90 bits per heavy atom. The summed E-state index contributed by atoms with van der Waals surface area (Å²) in [6.45, 7) is 1.06. The molecule has 0 amide bonds. The molecule has 0 spiro atoms. The number of halogens is 1. The van der Waals surface area contributed by atoms with Crippen molar-refractivity contribution in [3.63, 3.8) is 0 Å². The van der Waals surface area contributed by atoms with Crippen molar-refractivity contribution in [1.82, 2.24) is 9.55 Å². The van der Waals surface area contributed by atoms with E-state index in [1.54, 1.807) is 6.07 Å². The second-order valence-corrected chi connectivity index (χ2v) is 7.73. The molecule has 1 aliphatic rings. The van der Waals surface area contributed by atoms with E-state index in [9.17, 15) is 4.79 Å². The summed E-state index contributed by atoms with van der Waals surface area (Å²) in [6.07, 6.45) is 3.95. The molecule has 0 atom stereocenters. The van der Waals surface area contributed by atoms with E-state index < -0.39 is 0 Å². The van der Waals surface area contributed by atoms with Gasteiger partial charge in [-0.25, -0.2) is 9.78 Å². The number of imidazole rings is 1. The van der Waals surface area contributed by atoms with Crippen molar-refractivity contribution in [2.75, 3.05) is 7.11 Å². The van der Waals surface area contributed by atoms with Crippen molar-refractivity contribution in [2.24, 2.45) is 0 Å². The van der Waals surface area contributed by atoms with Crippen LogP contribution in [0.25, 0.3) is 16.6 Å². The predicted molar refractivity (Wildman–Crippen MR) is 120 cm³/mol. The number of aromatic nitrogens is 2. The quantitative estimate of drug-likeness (QED) is 0.403. The van der Waals surface area contributed by atoms with Gasteiger partial charge in [0.1, 0.15) is 12.4 Å². The molecule has 0 N–H and O–H groups in total. The van der Waals surface area contributed by atoms with Gasteiger partial charge in [0.15, 0.2) is 0 Å². The van der Waals surface area contributed by atoms with Gasteiger partial charge in [-0.2, -0.15) is 0 Å². The maximum absolute atomic E-state index is 12.2. The summed E-state index contributed by atoms with van der Waals surface area (Å²) >= 11 is 6.10. The molecule has 3 aromatic carbocycles. The highest BCUT2D eigenvalue weighted by atomic mass is 35.5. The van der Waals surface area contributed by atoms with Gasteiger partial charge in [0.2, 0.25) is 0 Å². The van der Waals surface area contributed by atoms with E-state index in [4.69, 9.17) is 21.1 Å². The summed E-state index contributed by atoms with van der Waals surface area (Å²) in [5.41, 5.74) is 6.37. The van der Waals surface area contributed by atoms with Crippen LogP contribution < -0.4 is 4.74 Å². The Bertz CT molecular complexity index is 1340. The van der Waals surface area contributed by atoms with E-state index >= 15 is 0 Å². The van der Waals surface area contributed by atoms with Gasteiger partial charge in [-0.1, -0.05) is 41.9 Å². The topological polar surface area (TPSA) is 53.4 Å². The van der Waals surface area contributed by atoms with Crippen molar-refractivity contribution >= 4 is 34.2 Å². The lowest BCUT2D eigenvalue weighted by Crippen LogP contribution is -2.03. The van der Waals surface area contributed by atoms with E-state index in [1.807, 2.05) is 48.8 Å². The first-order valence-electron chi connectivity index (χ1n) is 9.88. The molecule has 0 aliphatic carbocycles. The molecule has 5 rings (SSSR count). The van der Waals surface area contributed by atoms with Crippen LogP contribution in [0.5, 0.6) is 5.75 Å². The lowest BCUT2D eigenvalue weighted by molar-refractivity contribution is 0.0600. The molecule has 1 aliphatic heterocycles. The van der Waals surface area contributed by atoms with Gasteiger partial charge in [0.25, 0.3) is 0 Å². The van der Waals surface area contributed by atoms with E-state index in [0.29, 0.717) is 23.7 Å². The van der Waals surface area contributed by atoms with Gasteiger partial charge in [0.05, 0.1) is 30.0 Å². The molecule has 0 unspecified atom stereocenters. The smallest absolute Gasteiger partial charge is 0.337 e. The van der Waals surface area contributed by atoms with Crippen LogP contribution in [0, 0.1) is 0 Å². The number of carbonyl (C=O) groups is 1. The van der Waals surface area contributed by atoms with Crippen LogP contribution in [0.4, 0.5) is 0 Å². The van der Waals surface area contributed by atoms with Gasteiger partial charge in [-0.05, 0) is 53.1 Å². The maximum Gasteiger partial charge on any atom is 0.337 e. The van der Waals surface area contributed by atoms with Crippen molar-refractivity contribution < 1.29 is 14.3 Å². The van der Waals surface area contributed by atoms with Crippen molar-refractivity contribution in [2.45, 2.75) is 13.2 Å². The first-order chi connectivity index (χ1) is 15.1. The van der Waals surface area contributed by atoms with Crippen molar-refractivity contribution in [3.05, 3.63) is 100 Å². The van der Waals surface area contributed by atoms with Gasteiger partial charge in [-0.3, -0.25) is 0 Å². The summed E-state index contributed by atoms with van der Waals surface area (Å²) in [6, 6.07) is 19.2. The van der Waals surface area contributed by atoms with Crippen LogP contribution >= 0.6 is 11.6 Å². The van der Waals surface area contributed by atoms with Crippen molar-refractivity contribution in [3.8, 4) is 5.75 Å². The Kier molecular flexibility index (Phi) is 4.96. The fourth-order valence-electron chi connectivity index (χ4n) is 3.91. The third-order valence-corrected chi connectivity index (χ3v) is 5.69. The number of carbonyl (C=O) groups excluding carboxylic acids is 1. The summed E-state index contributed by atoms with van der Waals surface area (Å²) in [7, 11) is 1.38. The molecule has 6 heteroatoms. The summed E-state index contributed by atoms with van der Waals surface area (Å²) in [4.78, 5) is 16.6. The number of fused-ring (bicyclic) bond motifs is 3. The second kappa shape index (κ2) is 7.93. The Morgan fingerprint density at radius 1 is 1.16 bits per heavy atom. The molecular weight excluding hydrogens is 412 g/mol.